The van der Waals surface area contributed by atoms with E-state index in [1.54, 1.807) is 17.4 Å². The molecule has 2 aromatic heterocycles. The highest BCUT2D eigenvalue weighted by Gasteiger charge is 2.16. The van der Waals surface area contributed by atoms with E-state index in [9.17, 15) is 9.50 Å². The van der Waals surface area contributed by atoms with E-state index in [2.05, 4.69) is 0 Å². The second-order valence-corrected chi connectivity index (χ2v) is 6.40. The van der Waals surface area contributed by atoms with Crippen molar-refractivity contribution < 1.29 is 9.50 Å². The molecule has 4 heteroatoms. The van der Waals surface area contributed by atoms with Crippen LogP contribution in [-0.4, -0.2) is 5.11 Å². The predicted octanol–water partition coefficient (Wildman–Crippen LogP) is 4.49. The monoisotopic (exact) mass is 278 g/mol. The highest BCUT2D eigenvalue weighted by atomic mass is 32.1. The molecule has 0 bridgehead atoms. The summed E-state index contributed by atoms with van der Waals surface area (Å²) in [5.74, 6) is -0.239. The van der Waals surface area contributed by atoms with Crippen LogP contribution in [0.2, 0.25) is 0 Å². The molecule has 3 rings (SSSR count). The molecule has 2 heterocycles. The Morgan fingerprint density at radius 2 is 2.06 bits per heavy atom. The lowest BCUT2D eigenvalue weighted by atomic mass is 10.1. The van der Waals surface area contributed by atoms with Gasteiger partial charge in [-0.3, -0.25) is 0 Å². The molecule has 18 heavy (non-hydrogen) atoms. The normalized spacial score (nSPS) is 13.1. The van der Waals surface area contributed by atoms with Crippen LogP contribution >= 0.6 is 22.7 Å². The number of hydrogen-bond donors (Lipinski definition) is 1. The number of fused-ring (bicyclic) bond motifs is 1. The van der Waals surface area contributed by atoms with Gasteiger partial charge in [0.05, 0.1) is 0 Å². The zero-order valence-corrected chi connectivity index (χ0v) is 11.3. The van der Waals surface area contributed by atoms with Crippen LogP contribution in [-0.2, 0) is 0 Å². The first-order valence-corrected chi connectivity index (χ1v) is 7.26. The largest absolute Gasteiger partial charge is 0.383 e. The maximum atomic E-state index is 13.1. The van der Waals surface area contributed by atoms with E-state index in [0.29, 0.717) is 0 Å². The zero-order chi connectivity index (χ0) is 12.7. The molecule has 3 aromatic rings. The van der Waals surface area contributed by atoms with Gasteiger partial charge in [0.2, 0.25) is 0 Å². The predicted molar refractivity (Wildman–Crippen MR) is 74.9 cm³/mol. The third-order valence-electron chi connectivity index (χ3n) is 2.96. The molecular weight excluding hydrogens is 267 g/mol. The molecule has 1 unspecified atom stereocenters. The summed E-state index contributed by atoms with van der Waals surface area (Å²) in [7, 11) is 0. The van der Waals surface area contributed by atoms with Gasteiger partial charge in [0.25, 0.3) is 0 Å². The van der Waals surface area contributed by atoms with Gasteiger partial charge in [0.15, 0.2) is 0 Å². The number of benzene rings is 1. The van der Waals surface area contributed by atoms with Gasteiger partial charge >= 0.3 is 0 Å². The van der Waals surface area contributed by atoms with Crippen molar-refractivity contribution in [3.05, 3.63) is 56.8 Å². The van der Waals surface area contributed by atoms with Crippen molar-refractivity contribution >= 4 is 32.8 Å². The van der Waals surface area contributed by atoms with Crippen LogP contribution < -0.4 is 0 Å². The van der Waals surface area contributed by atoms with Crippen molar-refractivity contribution in [2.45, 2.75) is 13.0 Å². The van der Waals surface area contributed by atoms with Crippen LogP contribution in [0.1, 0.15) is 21.4 Å². The fourth-order valence-electron chi connectivity index (χ4n) is 1.99. The van der Waals surface area contributed by atoms with Crippen molar-refractivity contribution in [3.8, 4) is 0 Å². The lowest BCUT2D eigenvalue weighted by Gasteiger charge is -2.07. The van der Waals surface area contributed by atoms with E-state index in [1.807, 2.05) is 24.4 Å². The van der Waals surface area contributed by atoms with Crippen LogP contribution in [0.4, 0.5) is 4.39 Å². The first-order chi connectivity index (χ1) is 8.65. The standard InChI is InChI=1S/C14H11FOS2/c1-8-11(4-5-17-8)14(16)13-6-9-2-3-10(15)7-12(9)18-13/h2-7,14,16H,1H3. The first-order valence-electron chi connectivity index (χ1n) is 5.56. The van der Waals surface area contributed by atoms with E-state index in [-0.39, 0.29) is 5.82 Å². The second kappa shape index (κ2) is 4.46. The van der Waals surface area contributed by atoms with Gasteiger partial charge in [-0.05, 0) is 47.5 Å². The average Bonchev–Trinajstić information content (AvgIpc) is 2.93. The summed E-state index contributed by atoms with van der Waals surface area (Å²) in [6.45, 7) is 2.00. The van der Waals surface area contributed by atoms with E-state index in [0.717, 1.165) is 25.4 Å². The molecule has 1 nitrogen and oxygen atoms in total. The van der Waals surface area contributed by atoms with Crippen LogP contribution in [0.3, 0.4) is 0 Å². The Hall–Kier alpha value is -1.23. The number of rotatable bonds is 2. The van der Waals surface area contributed by atoms with Gasteiger partial charge in [0, 0.05) is 14.5 Å². The van der Waals surface area contributed by atoms with Gasteiger partial charge in [0.1, 0.15) is 11.9 Å². The molecule has 0 radical (unpaired) electrons. The Balaban J connectivity index is 2.07. The summed E-state index contributed by atoms with van der Waals surface area (Å²) in [6, 6.07) is 8.58. The summed E-state index contributed by atoms with van der Waals surface area (Å²) in [6.07, 6.45) is -0.614. The minimum absolute atomic E-state index is 0.239. The van der Waals surface area contributed by atoms with Crippen LogP contribution in [0.25, 0.3) is 10.1 Å². The summed E-state index contributed by atoms with van der Waals surface area (Å²) in [5, 5.41) is 13.3. The summed E-state index contributed by atoms with van der Waals surface area (Å²) < 4.78 is 14.0. The number of halogens is 1. The van der Waals surface area contributed by atoms with Crippen molar-refractivity contribution in [3.63, 3.8) is 0 Å². The quantitative estimate of drug-likeness (QED) is 0.732. The van der Waals surface area contributed by atoms with Gasteiger partial charge in [-0.1, -0.05) is 6.07 Å². The third kappa shape index (κ3) is 1.96. The first kappa shape index (κ1) is 11.8. The summed E-state index contributed by atoms with van der Waals surface area (Å²) in [4.78, 5) is 1.98. The number of aryl methyl sites for hydroxylation is 1. The smallest absolute Gasteiger partial charge is 0.124 e. The van der Waals surface area contributed by atoms with Crippen LogP contribution in [0.5, 0.6) is 0 Å². The number of aliphatic hydroxyl groups excluding tert-OH is 1. The SMILES string of the molecule is Cc1sccc1C(O)c1cc2ccc(F)cc2s1. The fourth-order valence-corrected chi connectivity index (χ4v) is 3.82. The molecule has 92 valence electrons. The molecule has 0 aliphatic carbocycles. The van der Waals surface area contributed by atoms with Gasteiger partial charge in [-0.25, -0.2) is 4.39 Å². The van der Waals surface area contributed by atoms with E-state index < -0.39 is 6.10 Å². The molecule has 1 N–H and O–H groups in total. The Bertz CT molecular complexity index is 699. The Kier molecular flexibility index (Phi) is 2.93. The highest BCUT2D eigenvalue weighted by Crippen LogP contribution is 2.35. The molecule has 1 atom stereocenters. The number of aliphatic hydroxyl groups is 1. The third-order valence-corrected chi connectivity index (χ3v) is 4.98. The molecule has 0 saturated heterocycles. The minimum Gasteiger partial charge on any atom is -0.383 e. The summed E-state index contributed by atoms with van der Waals surface area (Å²) in [5.41, 5.74) is 0.937. The lowest BCUT2D eigenvalue weighted by Crippen LogP contribution is -1.96. The minimum atomic E-state index is -0.614. The van der Waals surface area contributed by atoms with Gasteiger partial charge in [-0.15, -0.1) is 22.7 Å². The fraction of sp³-hybridized carbons (Fsp3) is 0.143. The highest BCUT2D eigenvalue weighted by molar-refractivity contribution is 7.19. The van der Waals surface area contributed by atoms with Crippen LogP contribution in [0.15, 0.2) is 35.7 Å². The lowest BCUT2D eigenvalue weighted by molar-refractivity contribution is 0.224. The molecular formula is C14H11FOS2. The maximum Gasteiger partial charge on any atom is 0.124 e. The molecule has 0 fully saturated rings. The number of thiophene rings is 2. The topological polar surface area (TPSA) is 20.2 Å². The molecule has 1 aromatic carbocycles. The molecule has 0 saturated carbocycles. The van der Waals surface area contributed by atoms with Crippen molar-refractivity contribution in [2.75, 3.05) is 0 Å². The van der Waals surface area contributed by atoms with Crippen molar-refractivity contribution in [1.82, 2.24) is 0 Å². The molecule has 0 aliphatic rings. The van der Waals surface area contributed by atoms with E-state index in [4.69, 9.17) is 0 Å². The molecule has 0 aliphatic heterocycles. The Morgan fingerprint density at radius 1 is 1.22 bits per heavy atom. The average molecular weight is 278 g/mol. The second-order valence-electron chi connectivity index (χ2n) is 4.17. The zero-order valence-electron chi connectivity index (χ0n) is 9.68. The van der Waals surface area contributed by atoms with Gasteiger partial charge < -0.3 is 5.11 Å². The summed E-state index contributed by atoms with van der Waals surface area (Å²) >= 11 is 3.06. The Labute approximate surface area is 112 Å². The van der Waals surface area contributed by atoms with Crippen molar-refractivity contribution in [2.24, 2.45) is 0 Å². The molecule has 0 amide bonds. The van der Waals surface area contributed by atoms with Gasteiger partial charge in [-0.2, -0.15) is 0 Å². The van der Waals surface area contributed by atoms with Crippen molar-refractivity contribution in [1.29, 1.82) is 0 Å². The Morgan fingerprint density at radius 3 is 2.78 bits per heavy atom. The van der Waals surface area contributed by atoms with Crippen LogP contribution in [0, 0.1) is 12.7 Å². The van der Waals surface area contributed by atoms with E-state index >= 15 is 0 Å². The maximum absolute atomic E-state index is 13.1. The number of hydrogen-bond acceptors (Lipinski definition) is 3. The molecule has 0 spiro atoms. The van der Waals surface area contributed by atoms with E-state index in [1.165, 1.54) is 23.5 Å².